The van der Waals surface area contributed by atoms with Gasteiger partial charge >= 0.3 is 0 Å². The molecule has 0 saturated carbocycles. The number of fused-ring (bicyclic) bond motifs is 2. The van der Waals surface area contributed by atoms with E-state index in [-0.39, 0.29) is 11.0 Å². The van der Waals surface area contributed by atoms with E-state index in [0.29, 0.717) is 17.0 Å². The van der Waals surface area contributed by atoms with E-state index in [1.54, 1.807) is 0 Å². The highest BCUT2D eigenvalue weighted by atomic mass is 32.1. The van der Waals surface area contributed by atoms with Crippen LogP contribution in [0.15, 0.2) is 65.1 Å². The summed E-state index contributed by atoms with van der Waals surface area (Å²) >= 11 is 5.25. The molecular weight excluding hydrogens is 382 g/mol. The molecule has 29 heavy (non-hydrogen) atoms. The van der Waals surface area contributed by atoms with E-state index in [2.05, 4.69) is 33.8 Å². The third-order valence-corrected chi connectivity index (χ3v) is 4.78. The van der Waals surface area contributed by atoms with Crippen LogP contribution in [-0.2, 0) is 4.79 Å². The number of anilines is 1. The van der Waals surface area contributed by atoms with Crippen molar-refractivity contribution in [3.8, 4) is 11.5 Å². The Morgan fingerprint density at radius 3 is 2.59 bits per heavy atom. The highest BCUT2D eigenvalue weighted by Gasteiger charge is 2.22. The normalized spacial score (nSPS) is 11.6. The molecule has 1 amide bonds. The molecule has 0 fully saturated rings. The summed E-state index contributed by atoms with van der Waals surface area (Å²) < 4.78 is 5.99. The molecule has 2 N–H and O–H groups in total. The molecule has 0 aliphatic carbocycles. The third-order valence-electron chi connectivity index (χ3n) is 4.57. The number of carbonyl (C=O) groups is 1. The van der Waals surface area contributed by atoms with Crippen LogP contribution in [0.25, 0.3) is 33.3 Å². The van der Waals surface area contributed by atoms with Crippen molar-refractivity contribution in [2.75, 3.05) is 5.32 Å². The first-order valence-corrected chi connectivity index (χ1v) is 9.73. The lowest BCUT2D eigenvalue weighted by atomic mass is 9.96. The fourth-order valence-electron chi connectivity index (χ4n) is 2.99. The largest absolute Gasteiger partial charge is 0.436 e. The zero-order valence-corrected chi connectivity index (χ0v) is 17.3. The molecule has 0 bridgehead atoms. The van der Waals surface area contributed by atoms with Crippen LogP contribution in [-0.4, -0.2) is 16.0 Å². The molecule has 146 valence electrons. The SMILES string of the molecule is CC(C)(C)C(=O)NC(=S)Nc1ccc2oc(-c3cccc4ccccc34)nc2c1. The number of oxazole rings is 1. The van der Waals surface area contributed by atoms with Gasteiger partial charge in [0, 0.05) is 16.7 Å². The van der Waals surface area contributed by atoms with Gasteiger partial charge in [-0.25, -0.2) is 4.98 Å². The Morgan fingerprint density at radius 2 is 1.79 bits per heavy atom. The average molecular weight is 404 g/mol. The van der Waals surface area contributed by atoms with Crippen LogP contribution in [0.2, 0.25) is 0 Å². The van der Waals surface area contributed by atoms with Gasteiger partial charge in [-0.2, -0.15) is 0 Å². The van der Waals surface area contributed by atoms with Crippen molar-refractivity contribution in [2.45, 2.75) is 20.8 Å². The summed E-state index contributed by atoms with van der Waals surface area (Å²) in [5, 5.41) is 8.21. The molecule has 1 aromatic heterocycles. The number of hydrogen-bond acceptors (Lipinski definition) is 4. The standard InChI is InChI=1S/C23H21N3O2S/c1-23(2,3)21(27)26-22(29)24-15-11-12-19-18(13-15)25-20(28-19)17-10-6-8-14-7-4-5-9-16(14)17/h4-13H,1-3H3,(H2,24,26,27,29). The van der Waals surface area contributed by atoms with Crippen LogP contribution < -0.4 is 10.6 Å². The lowest BCUT2D eigenvalue weighted by Gasteiger charge is -2.18. The van der Waals surface area contributed by atoms with Gasteiger partial charge in [-0.1, -0.05) is 57.2 Å². The molecule has 0 saturated heterocycles. The molecule has 0 aliphatic heterocycles. The Balaban J connectivity index is 1.61. The van der Waals surface area contributed by atoms with E-state index < -0.39 is 5.41 Å². The van der Waals surface area contributed by atoms with Gasteiger partial charge in [0.15, 0.2) is 10.7 Å². The molecule has 0 unspecified atom stereocenters. The van der Waals surface area contributed by atoms with Crippen molar-refractivity contribution in [3.05, 3.63) is 60.7 Å². The predicted molar refractivity (Wildman–Crippen MR) is 121 cm³/mol. The minimum Gasteiger partial charge on any atom is -0.436 e. The van der Waals surface area contributed by atoms with Gasteiger partial charge < -0.3 is 15.1 Å². The maximum atomic E-state index is 12.1. The Morgan fingerprint density at radius 1 is 1.03 bits per heavy atom. The molecule has 1 heterocycles. The quantitative estimate of drug-likeness (QED) is 0.432. The maximum absolute atomic E-state index is 12.1. The summed E-state index contributed by atoms with van der Waals surface area (Å²) in [6.45, 7) is 5.50. The number of carbonyl (C=O) groups excluding carboxylic acids is 1. The van der Waals surface area contributed by atoms with Gasteiger partial charge in [-0.3, -0.25) is 4.79 Å². The summed E-state index contributed by atoms with van der Waals surface area (Å²) in [7, 11) is 0. The number of hydrogen-bond donors (Lipinski definition) is 2. The monoisotopic (exact) mass is 403 g/mol. The third kappa shape index (κ3) is 3.98. The van der Waals surface area contributed by atoms with Crippen LogP contribution in [0, 0.1) is 5.41 Å². The summed E-state index contributed by atoms with van der Waals surface area (Å²) in [6.07, 6.45) is 0. The lowest BCUT2D eigenvalue weighted by molar-refractivity contribution is -0.126. The van der Waals surface area contributed by atoms with Gasteiger partial charge in [0.05, 0.1) is 0 Å². The topological polar surface area (TPSA) is 67.2 Å². The fourth-order valence-corrected chi connectivity index (χ4v) is 3.20. The highest BCUT2D eigenvalue weighted by molar-refractivity contribution is 7.80. The van der Waals surface area contributed by atoms with Crippen LogP contribution in [0.5, 0.6) is 0 Å². The number of thiocarbonyl (C=S) groups is 1. The van der Waals surface area contributed by atoms with Crippen LogP contribution >= 0.6 is 12.2 Å². The maximum Gasteiger partial charge on any atom is 0.231 e. The smallest absolute Gasteiger partial charge is 0.231 e. The van der Waals surface area contributed by atoms with E-state index in [0.717, 1.165) is 22.0 Å². The van der Waals surface area contributed by atoms with Gasteiger partial charge in [-0.05, 0) is 47.3 Å². The van der Waals surface area contributed by atoms with Gasteiger partial charge in [-0.15, -0.1) is 0 Å². The molecule has 0 atom stereocenters. The molecule has 3 aromatic carbocycles. The average Bonchev–Trinajstić information content (AvgIpc) is 3.09. The molecule has 0 aliphatic rings. The molecule has 0 spiro atoms. The summed E-state index contributed by atoms with van der Waals surface area (Å²) in [5.41, 5.74) is 2.55. The number of benzene rings is 3. The second kappa shape index (κ2) is 7.29. The first-order valence-electron chi connectivity index (χ1n) is 9.32. The van der Waals surface area contributed by atoms with Crippen molar-refractivity contribution in [2.24, 2.45) is 5.41 Å². The van der Waals surface area contributed by atoms with Crippen molar-refractivity contribution in [1.82, 2.24) is 10.3 Å². The summed E-state index contributed by atoms with van der Waals surface area (Å²) in [6, 6.07) is 19.7. The second-order valence-corrected chi connectivity index (χ2v) is 8.29. The molecule has 4 aromatic rings. The van der Waals surface area contributed by atoms with E-state index >= 15 is 0 Å². The first-order chi connectivity index (χ1) is 13.8. The van der Waals surface area contributed by atoms with Crippen LogP contribution in [0.4, 0.5) is 5.69 Å². The molecule has 0 radical (unpaired) electrons. The Labute approximate surface area is 174 Å². The van der Waals surface area contributed by atoms with E-state index in [1.165, 1.54) is 0 Å². The summed E-state index contributed by atoms with van der Waals surface area (Å²) in [4.78, 5) is 16.7. The van der Waals surface area contributed by atoms with Gasteiger partial charge in [0.1, 0.15) is 5.52 Å². The number of aromatic nitrogens is 1. The number of amides is 1. The summed E-state index contributed by atoms with van der Waals surface area (Å²) in [5.74, 6) is 0.424. The van der Waals surface area contributed by atoms with E-state index in [1.807, 2.05) is 63.2 Å². The molecule has 6 heteroatoms. The van der Waals surface area contributed by atoms with Gasteiger partial charge in [0.2, 0.25) is 11.8 Å². The lowest BCUT2D eigenvalue weighted by Crippen LogP contribution is -2.41. The van der Waals surface area contributed by atoms with Gasteiger partial charge in [0.25, 0.3) is 0 Å². The number of nitrogens with zero attached hydrogens (tertiary/aromatic N) is 1. The molecular formula is C23H21N3O2S. The van der Waals surface area contributed by atoms with Crippen LogP contribution in [0.1, 0.15) is 20.8 Å². The molecule has 5 nitrogen and oxygen atoms in total. The van der Waals surface area contributed by atoms with Crippen molar-refractivity contribution in [1.29, 1.82) is 0 Å². The van der Waals surface area contributed by atoms with E-state index in [9.17, 15) is 4.79 Å². The van der Waals surface area contributed by atoms with E-state index in [4.69, 9.17) is 16.6 Å². The highest BCUT2D eigenvalue weighted by Crippen LogP contribution is 2.31. The van der Waals surface area contributed by atoms with Crippen molar-refractivity contribution < 1.29 is 9.21 Å². The fraction of sp³-hybridized carbons (Fsp3) is 0.174. The minimum absolute atomic E-state index is 0.143. The van der Waals surface area contributed by atoms with Crippen LogP contribution in [0.3, 0.4) is 0 Å². The Hall–Kier alpha value is -3.25. The molecule has 4 rings (SSSR count). The second-order valence-electron chi connectivity index (χ2n) is 7.89. The first kappa shape index (κ1) is 19.1. The van der Waals surface area contributed by atoms with Crippen molar-refractivity contribution in [3.63, 3.8) is 0 Å². The number of nitrogens with one attached hydrogen (secondary N) is 2. The predicted octanol–water partition coefficient (Wildman–Crippen LogP) is 5.51. The van der Waals surface area contributed by atoms with Crippen molar-refractivity contribution >= 4 is 50.8 Å². The Bertz CT molecular complexity index is 1230. The minimum atomic E-state index is -0.519. The Kier molecular flexibility index (Phi) is 4.80. The zero-order valence-electron chi connectivity index (χ0n) is 16.4. The number of rotatable bonds is 2. The zero-order chi connectivity index (χ0) is 20.6.